The van der Waals surface area contributed by atoms with Crippen LogP contribution in [0, 0.1) is 0 Å². The second-order valence-electron chi connectivity index (χ2n) is 4.57. The Morgan fingerprint density at radius 3 is 2.90 bits per heavy atom. The predicted octanol–water partition coefficient (Wildman–Crippen LogP) is 2.04. The summed E-state index contributed by atoms with van der Waals surface area (Å²) < 4.78 is 5.57. The number of ether oxygens (including phenoxy) is 1. The van der Waals surface area contributed by atoms with Crippen LogP contribution in [0.25, 0.3) is 0 Å². The highest BCUT2D eigenvalue weighted by atomic mass is 32.2. The van der Waals surface area contributed by atoms with Crippen molar-refractivity contribution in [2.24, 2.45) is 0 Å². The number of aromatic nitrogens is 3. The first-order valence-corrected chi connectivity index (χ1v) is 8.44. The predicted molar refractivity (Wildman–Crippen MR) is 83.9 cm³/mol. The number of hydrogen-bond acceptors (Lipinski definition) is 7. The molecule has 20 heavy (non-hydrogen) atoms. The molecule has 0 saturated carbocycles. The second kappa shape index (κ2) is 8.14. The van der Waals surface area contributed by atoms with Crippen LogP contribution in [0.1, 0.15) is 26.7 Å². The van der Waals surface area contributed by atoms with Crippen LogP contribution < -0.4 is 15.0 Å². The zero-order valence-corrected chi connectivity index (χ0v) is 13.1. The molecule has 7 heteroatoms. The van der Waals surface area contributed by atoms with Gasteiger partial charge in [0.15, 0.2) is 0 Å². The maximum atomic E-state index is 5.57. The van der Waals surface area contributed by atoms with E-state index in [0.717, 1.165) is 44.2 Å². The minimum absolute atomic E-state index is 0.421. The lowest BCUT2D eigenvalue weighted by Gasteiger charge is -2.20. The van der Waals surface area contributed by atoms with E-state index in [1.165, 1.54) is 5.75 Å². The molecule has 1 aromatic heterocycles. The molecule has 0 radical (unpaired) electrons. The molecule has 1 N–H and O–H groups in total. The summed E-state index contributed by atoms with van der Waals surface area (Å²) in [6, 6.07) is 0.421. The number of nitrogens with zero attached hydrogens (tertiary/aromatic N) is 4. The van der Waals surface area contributed by atoms with Gasteiger partial charge in [-0.3, -0.25) is 0 Å². The van der Waals surface area contributed by atoms with Crippen LogP contribution in [-0.4, -0.2) is 52.7 Å². The van der Waals surface area contributed by atoms with Crippen molar-refractivity contribution in [1.82, 2.24) is 15.0 Å². The van der Waals surface area contributed by atoms with Crippen molar-refractivity contribution in [3.8, 4) is 6.01 Å². The highest BCUT2D eigenvalue weighted by Gasteiger charge is 2.15. The summed E-state index contributed by atoms with van der Waals surface area (Å²) in [6.45, 7) is 7.48. The van der Waals surface area contributed by atoms with Gasteiger partial charge in [-0.05, 0) is 25.5 Å². The van der Waals surface area contributed by atoms with Gasteiger partial charge >= 0.3 is 6.01 Å². The second-order valence-corrected chi connectivity index (χ2v) is 5.80. The van der Waals surface area contributed by atoms with Gasteiger partial charge in [-0.1, -0.05) is 6.92 Å². The third-order valence-electron chi connectivity index (χ3n) is 2.88. The maximum absolute atomic E-state index is 5.57. The van der Waals surface area contributed by atoms with E-state index in [0.29, 0.717) is 18.6 Å². The first kappa shape index (κ1) is 15.2. The summed E-state index contributed by atoms with van der Waals surface area (Å²) in [6.07, 6.45) is 2.11. The molecule has 2 rings (SSSR count). The Hall–Kier alpha value is -1.24. The Labute approximate surface area is 124 Å². The lowest BCUT2D eigenvalue weighted by molar-refractivity contribution is 0.292. The number of rotatable bonds is 6. The molecule has 6 nitrogen and oxygen atoms in total. The molecule has 1 fully saturated rings. The zero-order chi connectivity index (χ0) is 14.2. The van der Waals surface area contributed by atoms with Gasteiger partial charge in [0.25, 0.3) is 0 Å². The van der Waals surface area contributed by atoms with Gasteiger partial charge in [0, 0.05) is 25.4 Å². The van der Waals surface area contributed by atoms with Gasteiger partial charge in [-0.15, -0.1) is 0 Å². The van der Waals surface area contributed by atoms with Crippen molar-refractivity contribution in [2.45, 2.75) is 26.7 Å². The largest absolute Gasteiger partial charge is 0.463 e. The quantitative estimate of drug-likeness (QED) is 0.862. The fourth-order valence-corrected chi connectivity index (χ4v) is 2.82. The molecular weight excluding hydrogens is 274 g/mol. The van der Waals surface area contributed by atoms with Crippen LogP contribution in [0.15, 0.2) is 0 Å². The number of nitrogens with one attached hydrogen (secondary N) is 1. The summed E-state index contributed by atoms with van der Waals surface area (Å²) in [5, 5.41) is 3.15. The van der Waals surface area contributed by atoms with Crippen LogP contribution in [-0.2, 0) is 0 Å². The summed E-state index contributed by atoms with van der Waals surface area (Å²) in [7, 11) is 0. The summed E-state index contributed by atoms with van der Waals surface area (Å²) in [5.74, 6) is 3.65. The van der Waals surface area contributed by atoms with Crippen molar-refractivity contribution < 1.29 is 4.74 Å². The lowest BCUT2D eigenvalue weighted by Crippen LogP contribution is -2.28. The van der Waals surface area contributed by atoms with Crippen LogP contribution >= 0.6 is 11.8 Å². The molecular formula is C13H23N5OS. The van der Waals surface area contributed by atoms with Crippen molar-refractivity contribution in [3.05, 3.63) is 0 Å². The van der Waals surface area contributed by atoms with E-state index in [1.807, 2.05) is 18.7 Å². The molecule has 2 heterocycles. The van der Waals surface area contributed by atoms with Crippen LogP contribution in [0.3, 0.4) is 0 Å². The van der Waals surface area contributed by atoms with Gasteiger partial charge in [0.2, 0.25) is 11.9 Å². The molecule has 0 amide bonds. The first-order valence-electron chi connectivity index (χ1n) is 7.29. The van der Waals surface area contributed by atoms with Crippen molar-refractivity contribution in [3.63, 3.8) is 0 Å². The molecule has 1 aliphatic rings. The molecule has 1 aliphatic heterocycles. The lowest BCUT2D eigenvalue weighted by atomic mass is 10.4. The third kappa shape index (κ3) is 4.40. The monoisotopic (exact) mass is 297 g/mol. The van der Waals surface area contributed by atoms with Crippen LogP contribution in [0.2, 0.25) is 0 Å². The fraction of sp³-hybridized carbons (Fsp3) is 0.769. The highest BCUT2D eigenvalue weighted by molar-refractivity contribution is 7.99. The summed E-state index contributed by atoms with van der Waals surface area (Å²) in [5.41, 5.74) is 0. The molecule has 0 aliphatic carbocycles. The van der Waals surface area contributed by atoms with E-state index >= 15 is 0 Å². The van der Waals surface area contributed by atoms with Crippen molar-refractivity contribution in [2.75, 3.05) is 48.0 Å². The standard InChI is InChI=1S/C13H23N5OS/c1-3-8-19-13-16-11(14-4-2)15-12(17-13)18-6-5-9-20-10-7-18/h3-10H2,1-2H3,(H,14,15,16,17). The van der Waals surface area contributed by atoms with Gasteiger partial charge in [-0.25, -0.2) is 0 Å². The molecule has 0 bridgehead atoms. The zero-order valence-electron chi connectivity index (χ0n) is 12.3. The molecule has 0 atom stereocenters. The average molecular weight is 297 g/mol. The molecule has 0 unspecified atom stereocenters. The Balaban J connectivity index is 2.17. The Kier molecular flexibility index (Phi) is 6.17. The summed E-state index contributed by atoms with van der Waals surface area (Å²) in [4.78, 5) is 15.5. The van der Waals surface area contributed by atoms with E-state index in [9.17, 15) is 0 Å². The first-order chi connectivity index (χ1) is 9.83. The molecule has 1 saturated heterocycles. The van der Waals surface area contributed by atoms with Crippen LogP contribution in [0.4, 0.5) is 11.9 Å². The molecule has 0 spiro atoms. The van der Waals surface area contributed by atoms with Crippen molar-refractivity contribution >= 4 is 23.7 Å². The molecule has 112 valence electrons. The summed E-state index contributed by atoms with van der Waals surface area (Å²) >= 11 is 1.99. The van der Waals surface area contributed by atoms with Crippen LogP contribution in [0.5, 0.6) is 6.01 Å². The van der Waals surface area contributed by atoms with Gasteiger partial charge in [-0.2, -0.15) is 26.7 Å². The number of thioether (sulfide) groups is 1. The minimum Gasteiger partial charge on any atom is -0.463 e. The van der Waals surface area contributed by atoms with Gasteiger partial charge in [0.1, 0.15) is 0 Å². The van der Waals surface area contributed by atoms with Crippen molar-refractivity contribution in [1.29, 1.82) is 0 Å². The minimum atomic E-state index is 0.421. The smallest absolute Gasteiger partial charge is 0.323 e. The average Bonchev–Trinajstić information content (AvgIpc) is 2.74. The fourth-order valence-electron chi connectivity index (χ4n) is 1.93. The van der Waals surface area contributed by atoms with E-state index in [-0.39, 0.29) is 0 Å². The normalized spacial score (nSPS) is 15.8. The molecule has 1 aromatic rings. The maximum Gasteiger partial charge on any atom is 0.323 e. The van der Waals surface area contributed by atoms with E-state index in [1.54, 1.807) is 0 Å². The topological polar surface area (TPSA) is 63.2 Å². The number of hydrogen-bond donors (Lipinski definition) is 1. The van der Waals surface area contributed by atoms with Gasteiger partial charge < -0.3 is 15.0 Å². The Morgan fingerprint density at radius 1 is 1.20 bits per heavy atom. The molecule has 0 aromatic carbocycles. The van der Waals surface area contributed by atoms with E-state index in [4.69, 9.17) is 4.74 Å². The van der Waals surface area contributed by atoms with E-state index in [2.05, 4.69) is 32.1 Å². The third-order valence-corrected chi connectivity index (χ3v) is 3.93. The highest BCUT2D eigenvalue weighted by Crippen LogP contribution is 2.19. The van der Waals surface area contributed by atoms with E-state index < -0.39 is 0 Å². The Bertz CT molecular complexity index is 410. The Morgan fingerprint density at radius 2 is 2.10 bits per heavy atom. The number of anilines is 2. The van der Waals surface area contributed by atoms with Gasteiger partial charge in [0.05, 0.1) is 6.61 Å². The SMILES string of the molecule is CCCOc1nc(NCC)nc(N2CCCSCC2)n1.